The van der Waals surface area contributed by atoms with Gasteiger partial charge in [0.1, 0.15) is 5.82 Å². The highest BCUT2D eigenvalue weighted by Crippen LogP contribution is 2.35. The molecule has 0 spiro atoms. The average Bonchev–Trinajstić information content (AvgIpc) is 2.91. The van der Waals surface area contributed by atoms with E-state index in [9.17, 15) is 4.39 Å². The number of hydrogen-bond donors (Lipinski definition) is 1. The van der Waals surface area contributed by atoms with Crippen molar-refractivity contribution in [2.75, 3.05) is 6.54 Å². The van der Waals surface area contributed by atoms with Gasteiger partial charge in [0, 0.05) is 25.8 Å². The fraction of sp³-hybridized carbons (Fsp3) is 0.375. The van der Waals surface area contributed by atoms with Crippen molar-refractivity contribution in [2.24, 2.45) is 0 Å². The molecule has 0 saturated heterocycles. The van der Waals surface area contributed by atoms with Crippen molar-refractivity contribution in [3.05, 3.63) is 45.5 Å². The third-order valence-electron chi connectivity index (χ3n) is 3.19. The molecule has 0 saturated carbocycles. The van der Waals surface area contributed by atoms with E-state index in [0.717, 1.165) is 28.7 Å². The Balaban J connectivity index is 2.29. The van der Waals surface area contributed by atoms with Gasteiger partial charge in [-0.1, -0.05) is 36.2 Å². The van der Waals surface area contributed by atoms with Crippen LogP contribution in [0.3, 0.4) is 0 Å². The minimum absolute atomic E-state index is 0.169. The number of benzene rings is 1. The average molecular weight is 356 g/mol. The minimum Gasteiger partial charge on any atom is -0.310 e. The molecule has 1 atom stereocenters. The summed E-state index contributed by atoms with van der Waals surface area (Å²) >= 11 is 5.08. The molecule has 20 heavy (non-hydrogen) atoms. The molecule has 1 heterocycles. The van der Waals surface area contributed by atoms with Gasteiger partial charge < -0.3 is 5.32 Å². The second-order valence-electron chi connectivity index (χ2n) is 4.73. The lowest BCUT2D eigenvalue weighted by Gasteiger charge is -2.15. The van der Waals surface area contributed by atoms with Gasteiger partial charge in [-0.15, -0.1) is 11.3 Å². The summed E-state index contributed by atoms with van der Waals surface area (Å²) in [6.07, 6.45) is 2.24. The summed E-state index contributed by atoms with van der Waals surface area (Å²) < 4.78 is 14.8. The third-order valence-corrected chi connectivity index (χ3v) is 4.92. The van der Waals surface area contributed by atoms with E-state index in [1.165, 1.54) is 10.9 Å². The van der Waals surface area contributed by atoms with E-state index in [4.69, 9.17) is 0 Å². The van der Waals surface area contributed by atoms with E-state index in [1.807, 2.05) is 12.1 Å². The van der Waals surface area contributed by atoms with E-state index >= 15 is 0 Å². The normalized spacial score (nSPS) is 12.6. The molecule has 0 bridgehead atoms. The summed E-state index contributed by atoms with van der Waals surface area (Å²) in [4.78, 5) is 2.26. The number of rotatable bonds is 6. The fourth-order valence-corrected chi connectivity index (χ4v) is 3.75. The number of nitrogens with one attached hydrogen (secondary N) is 1. The maximum absolute atomic E-state index is 13.9. The molecule has 0 radical (unpaired) electrons. The predicted molar refractivity (Wildman–Crippen MR) is 88.7 cm³/mol. The second kappa shape index (κ2) is 7.34. The highest BCUT2D eigenvalue weighted by Gasteiger charge is 2.14. The zero-order chi connectivity index (χ0) is 14.5. The maximum Gasteiger partial charge on any atom is 0.131 e. The van der Waals surface area contributed by atoms with Gasteiger partial charge in [-0.05, 0) is 43.3 Å². The molecule has 0 aliphatic rings. The molecular formula is C16H19BrFNS. The van der Waals surface area contributed by atoms with E-state index in [2.05, 4.69) is 41.2 Å². The molecule has 2 aromatic rings. The first kappa shape index (κ1) is 15.7. The molecule has 1 nitrogen and oxygen atoms in total. The lowest BCUT2D eigenvalue weighted by Crippen LogP contribution is -2.19. The Bertz CT molecular complexity index is 561. The molecule has 0 aliphatic carbocycles. The first-order valence-electron chi connectivity index (χ1n) is 6.94. The highest BCUT2D eigenvalue weighted by molar-refractivity contribution is 9.10. The van der Waals surface area contributed by atoms with E-state index < -0.39 is 0 Å². The topological polar surface area (TPSA) is 12.0 Å². The van der Waals surface area contributed by atoms with Gasteiger partial charge in [-0.3, -0.25) is 0 Å². The predicted octanol–water partition coefficient (Wildman–Crippen LogP) is 5.77. The van der Waals surface area contributed by atoms with Gasteiger partial charge in [0.2, 0.25) is 0 Å². The van der Waals surface area contributed by atoms with Crippen LogP contribution < -0.4 is 5.32 Å². The van der Waals surface area contributed by atoms with Gasteiger partial charge >= 0.3 is 0 Å². The van der Waals surface area contributed by atoms with Crippen molar-refractivity contribution < 1.29 is 4.39 Å². The van der Waals surface area contributed by atoms with Crippen LogP contribution in [0.4, 0.5) is 4.39 Å². The van der Waals surface area contributed by atoms with Crippen LogP contribution in [0.1, 0.15) is 37.6 Å². The first-order chi connectivity index (χ1) is 9.65. The van der Waals surface area contributed by atoms with Crippen molar-refractivity contribution in [1.29, 1.82) is 0 Å². The van der Waals surface area contributed by atoms with Crippen LogP contribution in [0.25, 0.3) is 10.4 Å². The molecule has 4 heteroatoms. The van der Waals surface area contributed by atoms with Gasteiger partial charge in [0.15, 0.2) is 0 Å². The van der Waals surface area contributed by atoms with Crippen LogP contribution in [-0.2, 0) is 0 Å². The monoisotopic (exact) mass is 355 g/mol. The Kier molecular flexibility index (Phi) is 5.75. The fourth-order valence-electron chi connectivity index (χ4n) is 2.25. The van der Waals surface area contributed by atoms with Crippen LogP contribution in [0.2, 0.25) is 0 Å². The third kappa shape index (κ3) is 3.68. The van der Waals surface area contributed by atoms with Crippen LogP contribution >= 0.6 is 27.3 Å². The largest absolute Gasteiger partial charge is 0.310 e. The van der Waals surface area contributed by atoms with Crippen molar-refractivity contribution in [1.82, 2.24) is 5.32 Å². The van der Waals surface area contributed by atoms with Crippen molar-refractivity contribution in [2.45, 2.75) is 32.7 Å². The van der Waals surface area contributed by atoms with Crippen LogP contribution in [0, 0.1) is 5.82 Å². The van der Waals surface area contributed by atoms with Gasteiger partial charge in [0.05, 0.1) is 0 Å². The quantitative estimate of drug-likeness (QED) is 0.693. The lowest BCUT2D eigenvalue weighted by molar-refractivity contribution is 0.516. The minimum atomic E-state index is -0.169. The van der Waals surface area contributed by atoms with Crippen molar-refractivity contribution in [3.8, 4) is 10.4 Å². The Morgan fingerprint density at radius 1 is 1.25 bits per heavy atom. The Morgan fingerprint density at radius 2 is 2.05 bits per heavy atom. The number of hydrogen-bond acceptors (Lipinski definition) is 2. The molecule has 2 rings (SSSR count). The molecule has 1 unspecified atom stereocenters. The molecule has 108 valence electrons. The number of thiophene rings is 1. The van der Waals surface area contributed by atoms with E-state index in [0.29, 0.717) is 11.6 Å². The molecule has 0 fully saturated rings. The second-order valence-corrected chi connectivity index (χ2v) is 6.76. The van der Waals surface area contributed by atoms with Gasteiger partial charge in [0.25, 0.3) is 0 Å². The summed E-state index contributed by atoms with van der Waals surface area (Å²) in [6, 6.07) is 9.58. The molecule has 1 aromatic heterocycles. The maximum atomic E-state index is 13.9. The summed E-state index contributed by atoms with van der Waals surface area (Å²) in [5, 5.41) is 3.50. The Morgan fingerprint density at radius 3 is 2.75 bits per heavy atom. The van der Waals surface area contributed by atoms with Gasteiger partial charge in [-0.2, -0.15) is 0 Å². The van der Waals surface area contributed by atoms with Crippen molar-refractivity contribution in [3.63, 3.8) is 0 Å². The molecule has 0 amide bonds. The van der Waals surface area contributed by atoms with E-state index in [1.54, 1.807) is 17.4 Å². The van der Waals surface area contributed by atoms with Crippen LogP contribution in [0.15, 0.2) is 34.8 Å². The summed E-state index contributed by atoms with van der Waals surface area (Å²) in [6.45, 7) is 5.25. The lowest BCUT2D eigenvalue weighted by atomic mass is 10.1. The first-order valence-corrected chi connectivity index (χ1v) is 8.55. The molecule has 0 aliphatic heterocycles. The number of halogens is 2. The van der Waals surface area contributed by atoms with Crippen molar-refractivity contribution >= 4 is 27.3 Å². The molecule has 1 N–H and O–H groups in total. The highest BCUT2D eigenvalue weighted by atomic mass is 79.9. The zero-order valence-corrected chi connectivity index (χ0v) is 14.2. The zero-order valence-electron chi connectivity index (χ0n) is 11.7. The molecule has 1 aromatic carbocycles. The Hall–Kier alpha value is -0.710. The SMILES string of the molecule is CCCC(NCC)c1ccc(-c2cc(Br)ccc2F)s1. The molecular weight excluding hydrogens is 337 g/mol. The smallest absolute Gasteiger partial charge is 0.131 e. The van der Waals surface area contributed by atoms with Crippen LogP contribution in [-0.4, -0.2) is 6.54 Å². The standard InChI is InChI=1S/C16H19BrFNS/c1-3-5-14(19-4-2)16-9-8-15(20-16)12-10-11(17)6-7-13(12)18/h6-10,14,19H,3-5H2,1-2H3. The summed E-state index contributed by atoms with van der Waals surface area (Å²) in [7, 11) is 0. The van der Waals surface area contributed by atoms with Crippen LogP contribution in [0.5, 0.6) is 0 Å². The summed E-state index contributed by atoms with van der Waals surface area (Å²) in [5.41, 5.74) is 0.669. The Labute approximate surface area is 132 Å². The summed E-state index contributed by atoms with van der Waals surface area (Å²) in [5.74, 6) is -0.169. The van der Waals surface area contributed by atoms with E-state index in [-0.39, 0.29) is 5.82 Å². The van der Waals surface area contributed by atoms with Gasteiger partial charge in [-0.25, -0.2) is 4.39 Å².